The molecule has 138 valence electrons. The van der Waals surface area contributed by atoms with E-state index in [1.165, 1.54) is 18.2 Å². The Morgan fingerprint density at radius 1 is 1.44 bits per heavy atom. The second-order valence-electron chi connectivity index (χ2n) is 4.94. The molecule has 0 unspecified atom stereocenters. The zero-order chi connectivity index (χ0) is 19.2. The fourth-order valence-corrected chi connectivity index (χ4v) is 1.93. The minimum absolute atomic E-state index is 0.0909. The summed E-state index contributed by atoms with van der Waals surface area (Å²) in [5, 5.41) is 9.18. The molecule has 2 rings (SSSR count). The van der Waals surface area contributed by atoms with E-state index in [1.54, 1.807) is 6.07 Å². The van der Waals surface area contributed by atoms with Gasteiger partial charge in [-0.1, -0.05) is 12.1 Å². The summed E-state index contributed by atoms with van der Waals surface area (Å²) in [5.74, 6) is -0.910. The predicted octanol–water partition coefficient (Wildman–Crippen LogP) is 1.30. The lowest BCUT2D eigenvalue weighted by atomic mass is 10.1. The average molecular weight is 377 g/mol. The second kappa shape index (κ2) is 8.53. The monoisotopic (exact) mass is 377 g/mol. The van der Waals surface area contributed by atoms with Crippen LogP contribution in [0.4, 0.5) is 8.78 Å². The number of hydrogen-bond acceptors (Lipinski definition) is 5. The Bertz CT molecular complexity index is 786. The molecule has 1 aromatic rings. The molecule has 0 fully saturated rings. The van der Waals surface area contributed by atoms with Gasteiger partial charge >= 0.3 is 0 Å². The number of rotatable bonds is 2. The Labute approximate surface area is 142 Å². The molecule has 11 heteroatoms. The normalized spacial score (nSPS) is 13.4. The number of para-hydroxylation sites is 1. The minimum atomic E-state index is -3.67. The Morgan fingerprint density at radius 3 is 2.56 bits per heavy atom. The molecule has 0 atom stereocenters. The molecule has 0 aromatic heterocycles. The maximum absolute atomic E-state index is 12.9. The van der Waals surface area contributed by atoms with Crippen molar-refractivity contribution in [1.82, 2.24) is 5.32 Å². The van der Waals surface area contributed by atoms with Crippen molar-refractivity contribution < 1.29 is 31.3 Å². The van der Waals surface area contributed by atoms with E-state index < -0.39 is 28.4 Å². The highest BCUT2D eigenvalue weighted by atomic mass is 32.2. The average Bonchev–Trinajstić information content (AvgIpc) is 2.66. The summed E-state index contributed by atoms with van der Waals surface area (Å²) >= 11 is 0. The third-order valence-corrected chi connectivity index (χ3v) is 2.80. The number of hydrogen-bond donors (Lipinski definition) is 4. The first-order valence-corrected chi connectivity index (χ1v) is 8.66. The molecule has 8 nitrogen and oxygen atoms in total. The van der Waals surface area contributed by atoms with Crippen LogP contribution >= 0.6 is 0 Å². The lowest BCUT2D eigenvalue weighted by molar-refractivity contribution is -0.116. The lowest BCUT2D eigenvalue weighted by Gasteiger charge is -2.11. The van der Waals surface area contributed by atoms with Gasteiger partial charge in [0.15, 0.2) is 5.96 Å². The highest BCUT2D eigenvalue weighted by Crippen LogP contribution is 2.35. The molecule has 1 heterocycles. The molecule has 0 radical (unpaired) electrons. The summed E-state index contributed by atoms with van der Waals surface area (Å²) in [5.41, 5.74) is 5.62. The number of ether oxygens (including phenoxy) is 1. The molecular weight excluding hydrogens is 360 g/mol. The van der Waals surface area contributed by atoms with E-state index in [9.17, 15) is 22.0 Å². The van der Waals surface area contributed by atoms with Gasteiger partial charge in [-0.05, 0) is 12.1 Å². The van der Waals surface area contributed by atoms with E-state index in [0.717, 1.165) is 0 Å². The first-order valence-electron chi connectivity index (χ1n) is 6.81. The van der Waals surface area contributed by atoms with Crippen molar-refractivity contribution in [2.45, 2.75) is 12.8 Å². The third kappa shape index (κ3) is 7.27. The molecule has 0 aliphatic carbocycles. The van der Waals surface area contributed by atoms with Crippen molar-refractivity contribution in [3.05, 3.63) is 34.9 Å². The molecule has 0 bridgehead atoms. The van der Waals surface area contributed by atoms with Gasteiger partial charge < -0.3 is 10.5 Å². The fraction of sp³-hybridized carbons (Fsp3) is 0.286. The van der Waals surface area contributed by atoms with Crippen molar-refractivity contribution in [1.29, 1.82) is 5.41 Å². The number of alkyl halides is 2. The molecule has 5 N–H and O–H groups in total. The zero-order valence-corrected chi connectivity index (χ0v) is 13.9. The van der Waals surface area contributed by atoms with Crippen molar-refractivity contribution in [2.24, 2.45) is 5.73 Å². The van der Waals surface area contributed by atoms with Gasteiger partial charge in [0.25, 0.3) is 22.5 Å². The summed E-state index contributed by atoms with van der Waals surface area (Å²) in [4.78, 5) is 11.8. The molecule has 0 saturated carbocycles. The number of guanidine groups is 1. The summed E-state index contributed by atoms with van der Waals surface area (Å²) in [6.45, 7) is 0.105. The summed E-state index contributed by atoms with van der Waals surface area (Å²) in [6, 6.07) is 4.36. The molecule has 1 aliphatic rings. The Morgan fingerprint density at radius 2 is 2.04 bits per heavy atom. The van der Waals surface area contributed by atoms with E-state index >= 15 is 0 Å². The Hall–Kier alpha value is -2.53. The van der Waals surface area contributed by atoms with Crippen LogP contribution in [0, 0.1) is 5.41 Å². The van der Waals surface area contributed by atoms with Crippen LogP contribution in [-0.4, -0.2) is 37.7 Å². The predicted molar refractivity (Wildman–Crippen MR) is 87.0 cm³/mol. The van der Waals surface area contributed by atoms with Crippen LogP contribution in [0.3, 0.4) is 0 Å². The van der Waals surface area contributed by atoms with Crippen molar-refractivity contribution in [3.8, 4) is 5.75 Å². The highest BCUT2D eigenvalue weighted by Gasteiger charge is 2.21. The summed E-state index contributed by atoms with van der Waals surface area (Å²) < 4.78 is 57.0. The smallest absolute Gasteiger partial charge is 0.267 e. The van der Waals surface area contributed by atoms with Gasteiger partial charge in [0, 0.05) is 17.6 Å². The van der Waals surface area contributed by atoms with Crippen LogP contribution in [-0.2, 0) is 14.9 Å². The largest absolute Gasteiger partial charge is 0.492 e. The second-order valence-corrected chi connectivity index (χ2v) is 6.40. The lowest BCUT2D eigenvalue weighted by Crippen LogP contribution is -2.36. The summed E-state index contributed by atoms with van der Waals surface area (Å²) in [7, 11) is -3.67. The number of carbonyl (C=O) groups is 1. The van der Waals surface area contributed by atoms with Crippen LogP contribution in [0.2, 0.25) is 0 Å². The topological polar surface area (TPSA) is 143 Å². The van der Waals surface area contributed by atoms with Crippen LogP contribution in [0.5, 0.6) is 5.75 Å². The van der Waals surface area contributed by atoms with Gasteiger partial charge in [-0.2, -0.15) is 8.42 Å². The minimum Gasteiger partial charge on any atom is -0.492 e. The van der Waals surface area contributed by atoms with Crippen LogP contribution in [0.25, 0.3) is 6.08 Å². The van der Waals surface area contributed by atoms with Gasteiger partial charge in [-0.15, -0.1) is 0 Å². The van der Waals surface area contributed by atoms with E-state index in [-0.39, 0.29) is 24.3 Å². The van der Waals surface area contributed by atoms with Gasteiger partial charge in [-0.25, -0.2) is 8.78 Å². The Kier molecular flexibility index (Phi) is 7.00. The van der Waals surface area contributed by atoms with E-state index in [1.807, 2.05) is 0 Å². The third-order valence-electron chi connectivity index (χ3n) is 2.80. The first kappa shape index (κ1) is 20.5. The number of nitrogens with one attached hydrogen (secondary N) is 2. The van der Waals surface area contributed by atoms with Gasteiger partial charge in [0.1, 0.15) is 5.75 Å². The van der Waals surface area contributed by atoms with E-state index in [0.29, 0.717) is 17.4 Å². The van der Waals surface area contributed by atoms with Crippen molar-refractivity contribution in [3.63, 3.8) is 0 Å². The van der Waals surface area contributed by atoms with Crippen molar-refractivity contribution in [2.75, 3.05) is 12.9 Å². The SMILES string of the molecule is CS(=O)(=O)O.N=C(N)NC(=O)C1=Cc2cccc(C(F)F)c2OCC1. The summed E-state index contributed by atoms with van der Waals surface area (Å²) in [6.07, 6.45) is -0.207. The maximum atomic E-state index is 12.9. The molecule has 0 saturated heterocycles. The van der Waals surface area contributed by atoms with Crippen LogP contribution < -0.4 is 15.8 Å². The van der Waals surface area contributed by atoms with Gasteiger partial charge in [-0.3, -0.25) is 20.1 Å². The molecule has 1 aromatic carbocycles. The number of halogens is 2. The van der Waals surface area contributed by atoms with E-state index in [4.69, 9.17) is 20.4 Å². The molecule has 25 heavy (non-hydrogen) atoms. The number of amides is 1. The number of carbonyl (C=O) groups excluding carboxylic acids is 1. The number of benzene rings is 1. The molecule has 0 spiro atoms. The standard InChI is InChI=1S/C13H13F2N3O2.CH4O3S/c14-11(15)9-3-1-2-7-6-8(4-5-20-10(7)9)12(19)18-13(16)17;1-5(2,3)4/h1-3,6,11H,4-5H2,(H4,16,17,18,19);1H3,(H,2,3,4). The number of nitrogens with two attached hydrogens (primary N) is 1. The van der Waals surface area contributed by atoms with Crippen LogP contribution in [0.1, 0.15) is 24.0 Å². The maximum Gasteiger partial charge on any atom is 0.267 e. The van der Waals surface area contributed by atoms with Gasteiger partial charge in [0.2, 0.25) is 0 Å². The molecular formula is C14H17F2N3O5S. The molecule has 1 aliphatic heterocycles. The van der Waals surface area contributed by atoms with Gasteiger partial charge in [0.05, 0.1) is 18.4 Å². The zero-order valence-electron chi connectivity index (χ0n) is 13.1. The first-order chi connectivity index (χ1) is 11.5. The fourth-order valence-electron chi connectivity index (χ4n) is 1.93. The number of fused-ring (bicyclic) bond motifs is 1. The Balaban J connectivity index is 0.000000550. The highest BCUT2D eigenvalue weighted by molar-refractivity contribution is 7.85. The van der Waals surface area contributed by atoms with E-state index in [2.05, 4.69) is 5.32 Å². The molecule has 1 amide bonds. The quantitative estimate of drug-likeness (QED) is 0.348. The van der Waals surface area contributed by atoms with Crippen LogP contribution in [0.15, 0.2) is 23.8 Å². The van der Waals surface area contributed by atoms with Crippen molar-refractivity contribution >= 4 is 28.1 Å².